The second-order valence-electron chi connectivity index (χ2n) is 7.62. The predicted molar refractivity (Wildman–Crippen MR) is 128 cm³/mol. The first-order valence-electron chi connectivity index (χ1n) is 10.6. The van der Waals surface area contributed by atoms with Crippen LogP contribution in [0.4, 0.5) is 5.13 Å². The molecule has 1 atom stereocenters. The van der Waals surface area contributed by atoms with Gasteiger partial charge in [-0.25, -0.2) is 9.97 Å². The molecule has 0 fully saturated rings. The van der Waals surface area contributed by atoms with Gasteiger partial charge in [0.1, 0.15) is 11.6 Å². The van der Waals surface area contributed by atoms with Crippen LogP contribution < -0.4 is 16.1 Å². The first-order valence-corrected chi connectivity index (χ1v) is 11.4. The van der Waals surface area contributed by atoms with Crippen LogP contribution in [-0.2, 0) is 0 Å². The van der Waals surface area contributed by atoms with Crippen LogP contribution in [0.2, 0.25) is 0 Å². The number of nitrogens with one attached hydrogen (secondary N) is 1. The Bertz CT molecular complexity index is 1430. The van der Waals surface area contributed by atoms with Crippen molar-refractivity contribution in [2.24, 2.45) is 0 Å². The SMILES string of the molecule is CCNc1nc(-c2ccccc2)c(/C=c2\c(C)c(C#N)c(=O)n3nc(C(C)CC)nc23)s1. The molecule has 0 aliphatic rings. The minimum atomic E-state index is -0.430. The van der Waals surface area contributed by atoms with E-state index in [1.807, 2.05) is 50.3 Å². The molecule has 3 aromatic heterocycles. The first-order chi connectivity index (χ1) is 15.5. The van der Waals surface area contributed by atoms with Crippen molar-refractivity contribution in [2.45, 2.75) is 40.0 Å². The molecule has 0 saturated carbocycles. The van der Waals surface area contributed by atoms with Crippen LogP contribution in [0.25, 0.3) is 23.0 Å². The molecule has 0 spiro atoms. The second-order valence-corrected chi connectivity index (χ2v) is 8.65. The Morgan fingerprint density at radius 2 is 2.00 bits per heavy atom. The van der Waals surface area contributed by atoms with E-state index in [9.17, 15) is 10.1 Å². The van der Waals surface area contributed by atoms with Crippen molar-refractivity contribution >= 4 is 28.2 Å². The molecule has 32 heavy (non-hydrogen) atoms. The molecule has 7 nitrogen and oxygen atoms in total. The highest BCUT2D eigenvalue weighted by atomic mass is 32.1. The van der Waals surface area contributed by atoms with Gasteiger partial charge in [0.2, 0.25) is 0 Å². The first kappa shape index (κ1) is 21.7. The lowest BCUT2D eigenvalue weighted by Crippen LogP contribution is -2.27. The summed E-state index contributed by atoms with van der Waals surface area (Å²) in [6.07, 6.45) is 2.83. The summed E-state index contributed by atoms with van der Waals surface area (Å²) in [6, 6.07) is 12.0. The molecule has 0 bridgehead atoms. The molecule has 0 aliphatic heterocycles. The van der Waals surface area contributed by atoms with Crippen LogP contribution >= 0.6 is 11.3 Å². The zero-order valence-corrected chi connectivity index (χ0v) is 19.3. The maximum atomic E-state index is 12.9. The molecule has 1 unspecified atom stereocenters. The fourth-order valence-corrected chi connectivity index (χ4v) is 4.50. The number of rotatable bonds is 6. The van der Waals surface area contributed by atoms with Gasteiger partial charge in [0.05, 0.1) is 10.6 Å². The number of anilines is 1. The highest BCUT2D eigenvalue weighted by molar-refractivity contribution is 7.16. The molecule has 162 valence electrons. The van der Waals surface area contributed by atoms with Gasteiger partial charge in [-0.3, -0.25) is 4.79 Å². The van der Waals surface area contributed by atoms with Crippen molar-refractivity contribution in [3.63, 3.8) is 0 Å². The van der Waals surface area contributed by atoms with E-state index in [-0.39, 0.29) is 11.5 Å². The number of pyridine rings is 1. The van der Waals surface area contributed by atoms with E-state index < -0.39 is 5.56 Å². The van der Waals surface area contributed by atoms with Crippen LogP contribution in [0.1, 0.15) is 54.9 Å². The Kier molecular flexibility index (Phi) is 6.01. The van der Waals surface area contributed by atoms with Crippen LogP contribution in [0.15, 0.2) is 35.1 Å². The maximum Gasteiger partial charge on any atom is 0.291 e. The molecular formula is C24H24N6OS. The third-order valence-electron chi connectivity index (χ3n) is 5.52. The summed E-state index contributed by atoms with van der Waals surface area (Å²) >= 11 is 1.53. The van der Waals surface area contributed by atoms with Gasteiger partial charge >= 0.3 is 0 Å². The third-order valence-corrected chi connectivity index (χ3v) is 6.48. The number of fused-ring (bicyclic) bond motifs is 1. The van der Waals surface area contributed by atoms with Crippen molar-refractivity contribution in [3.8, 4) is 17.3 Å². The van der Waals surface area contributed by atoms with E-state index in [2.05, 4.69) is 23.4 Å². The van der Waals surface area contributed by atoms with Crippen LogP contribution in [0, 0.1) is 18.3 Å². The minimum Gasteiger partial charge on any atom is -0.362 e. The molecular weight excluding hydrogens is 420 g/mol. The molecule has 3 heterocycles. The summed E-state index contributed by atoms with van der Waals surface area (Å²) in [7, 11) is 0. The summed E-state index contributed by atoms with van der Waals surface area (Å²) in [6.45, 7) is 8.66. The van der Waals surface area contributed by atoms with E-state index in [0.29, 0.717) is 22.3 Å². The number of hydrogen-bond donors (Lipinski definition) is 1. The molecule has 0 radical (unpaired) electrons. The highest BCUT2D eigenvalue weighted by Crippen LogP contribution is 2.31. The summed E-state index contributed by atoms with van der Waals surface area (Å²) in [5, 5.41) is 18.9. The fraction of sp³-hybridized carbons (Fsp3) is 0.292. The lowest BCUT2D eigenvalue weighted by Gasteiger charge is -2.02. The largest absolute Gasteiger partial charge is 0.362 e. The van der Waals surface area contributed by atoms with Crippen LogP contribution in [0.3, 0.4) is 0 Å². The Labute approximate surface area is 190 Å². The molecule has 4 aromatic rings. The fourth-order valence-electron chi connectivity index (χ4n) is 3.50. The topological polar surface area (TPSA) is 96.0 Å². The summed E-state index contributed by atoms with van der Waals surface area (Å²) in [5.41, 5.74) is 2.57. The Morgan fingerprint density at radius 3 is 2.66 bits per heavy atom. The molecule has 1 aromatic carbocycles. The molecule has 0 aliphatic carbocycles. The monoisotopic (exact) mass is 444 g/mol. The number of hydrogen-bond acceptors (Lipinski definition) is 7. The maximum absolute atomic E-state index is 12.9. The van der Waals surface area contributed by atoms with E-state index in [1.165, 1.54) is 15.9 Å². The average molecular weight is 445 g/mol. The lowest BCUT2D eigenvalue weighted by atomic mass is 10.1. The normalized spacial score (nSPS) is 12.8. The molecule has 8 heteroatoms. The van der Waals surface area contributed by atoms with Crippen molar-refractivity contribution < 1.29 is 0 Å². The van der Waals surface area contributed by atoms with Crippen molar-refractivity contribution in [2.75, 3.05) is 11.9 Å². The number of thiazole rings is 1. The van der Waals surface area contributed by atoms with Crippen molar-refractivity contribution in [3.05, 3.63) is 67.7 Å². The van der Waals surface area contributed by atoms with Crippen molar-refractivity contribution in [1.29, 1.82) is 5.26 Å². The van der Waals surface area contributed by atoms with E-state index in [1.54, 1.807) is 6.92 Å². The zero-order chi connectivity index (χ0) is 22.8. The van der Waals surface area contributed by atoms with Crippen molar-refractivity contribution in [1.82, 2.24) is 19.6 Å². The van der Waals surface area contributed by atoms with Gasteiger partial charge in [0.25, 0.3) is 5.56 Å². The predicted octanol–water partition coefficient (Wildman–Crippen LogP) is 3.89. The number of nitriles is 1. The standard InChI is InChI=1S/C24H24N6OS/c1-5-14(3)21-28-22-17(15(4)18(13-25)23(31)30(22)29-21)12-19-20(16-10-8-7-9-11-16)27-24(32-19)26-6-2/h7-12,14H,5-6H2,1-4H3,(H,26,27)/b17-12+. The second kappa shape index (κ2) is 8.89. The lowest BCUT2D eigenvalue weighted by molar-refractivity contribution is 0.674. The quantitative estimate of drug-likeness (QED) is 0.485. The van der Waals surface area contributed by atoms with Gasteiger partial charge in [-0.05, 0) is 31.9 Å². The number of aromatic nitrogens is 4. The molecule has 0 amide bonds. The van der Waals surface area contributed by atoms with Gasteiger partial charge in [-0.2, -0.15) is 9.78 Å². The number of benzene rings is 1. The summed E-state index contributed by atoms with van der Waals surface area (Å²) in [4.78, 5) is 23.3. The van der Waals surface area contributed by atoms with Crippen LogP contribution in [0.5, 0.6) is 0 Å². The average Bonchev–Trinajstić information content (AvgIpc) is 3.42. The molecule has 4 rings (SSSR count). The van der Waals surface area contributed by atoms with Gasteiger partial charge in [0.15, 0.2) is 16.6 Å². The zero-order valence-electron chi connectivity index (χ0n) is 18.5. The number of nitrogens with zero attached hydrogens (tertiary/aromatic N) is 5. The highest BCUT2D eigenvalue weighted by Gasteiger charge is 2.19. The third kappa shape index (κ3) is 3.76. The Hall–Kier alpha value is -3.57. The van der Waals surface area contributed by atoms with E-state index in [0.717, 1.165) is 34.2 Å². The summed E-state index contributed by atoms with van der Waals surface area (Å²) in [5.74, 6) is 0.714. The van der Waals surface area contributed by atoms with E-state index in [4.69, 9.17) is 9.97 Å². The molecule has 0 saturated heterocycles. The minimum absolute atomic E-state index is 0.0852. The van der Waals surface area contributed by atoms with Gasteiger partial charge in [-0.1, -0.05) is 55.5 Å². The van der Waals surface area contributed by atoms with Crippen LogP contribution in [-0.4, -0.2) is 26.1 Å². The van der Waals surface area contributed by atoms with Gasteiger partial charge in [0, 0.05) is 23.2 Å². The molecule has 1 N–H and O–H groups in total. The Morgan fingerprint density at radius 1 is 1.25 bits per heavy atom. The Balaban J connectivity index is 2.06. The summed E-state index contributed by atoms with van der Waals surface area (Å²) < 4.78 is 1.27. The smallest absolute Gasteiger partial charge is 0.291 e. The van der Waals surface area contributed by atoms with E-state index >= 15 is 0 Å². The van der Waals surface area contributed by atoms with Gasteiger partial charge < -0.3 is 5.32 Å². The van der Waals surface area contributed by atoms with Gasteiger partial charge in [-0.15, -0.1) is 5.10 Å².